The topological polar surface area (TPSA) is 52.9 Å². The van der Waals surface area contributed by atoms with Crippen molar-refractivity contribution in [2.75, 3.05) is 5.32 Å². The van der Waals surface area contributed by atoms with Crippen LogP contribution in [-0.2, 0) is 4.79 Å². The Bertz CT molecular complexity index is 774. The van der Waals surface area contributed by atoms with E-state index in [2.05, 4.69) is 5.32 Å². The molecule has 0 bridgehead atoms. The Morgan fingerprint density at radius 2 is 1.59 bits per heavy atom. The molecule has 2 rings (SSSR count). The summed E-state index contributed by atoms with van der Waals surface area (Å²) >= 11 is 18.0. The van der Waals surface area contributed by atoms with Crippen molar-refractivity contribution >= 4 is 52.5 Å². The van der Waals surface area contributed by atoms with Crippen molar-refractivity contribution in [2.45, 2.75) is 0 Å². The second-order valence-corrected chi connectivity index (χ2v) is 5.46. The minimum atomic E-state index is -0.614. The van der Waals surface area contributed by atoms with Crippen molar-refractivity contribution in [3.05, 3.63) is 68.7 Å². The summed E-state index contributed by atoms with van der Waals surface area (Å²) in [6, 6.07) is 13.6. The maximum absolute atomic E-state index is 12.2. The molecule has 2 aromatic rings. The van der Waals surface area contributed by atoms with Gasteiger partial charge in [-0.1, -0.05) is 59.1 Å². The van der Waals surface area contributed by atoms with Gasteiger partial charge in [-0.15, -0.1) is 0 Å². The molecule has 0 spiro atoms. The van der Waals surface area contributed by atoms with E-state index in [1.54, 1.807) is 42.5 Å². The van der Waals surface area contributed by atoms with Gasteiger partial charge in [0.05, 0.1) is 15.7 Å². The summed E-state index contributed by atoms with van der Waals surface area (Å²) in [6.45, 7) is 0. The van der Waals surface area contributed by atoms with E-state index in [4.69, 9.17) is 34.8 Å². The van der Waals surface area contributed by atoms with Gasteiger partial charge >= 0.3 is 0 Å². The molecule has 0 fully saturated rings. The Morgan fingerprint density at radius 3 is 2.18 bits per heavy atom. The fourth-order valence-corrected chi connectivity index (χ4v) is 2.38. The molecular weight excluding hydrogens is 343 g/mol. The molecule has 6 heteroatoms. The number of carbonyl (C=O) groups is 1. The third kappa shape index (κ3) is 3.80. The minimum Gasteiger partial charge on any atom is -0.319 e. The van der Waals surface area contributed by atoms with Gasteiger partial charge in [0.2, 0.25) is 0 Å². The molecular formula is C16H9Cl3N2O. The van der Waals surface area contributed by atoms with Crippen LogP contribution in [0, 0.1) is 11.3 Å². The third-order valence-electron chi connectivity index (χ3n) is 2.77. The van der Waals surface area contributed by atoms with Crippen LogP contribution in [0.25, 0.3) is 6.08 Å². The van der Waals surface area contributed by atoms with Gasteiger partial charge in [-0.05, 0) is 29.8 Å². The molecule has 0 atom stereocenters. The van der Waals surface area contributed by atoms with Crippen LogP contribution < -0.4 is 5.32 Å². The monoisotopic (exact) mass is 350 g/mol. The van der Waals surface area contributed by atoms with E-state index < -0.39 is 5.91 Å². The summed E-state index contributed by atoms with van der Waals surface area (Å²) in [7, 11) is 0. The van der Waals surface area contributed by atoms with Crippen molar-refractivity contribution in [3.63, 3.8) is 0 Å². The lowest BCUT2D eigenvalue weighted by Gasteiger charge is -2.08. The maximum atomic E-state index is 12.2. The second-order valence-electron chi connectivity index (χ2n) is 4.24. The molecule has 22 heavy (non-hydrogen) atoms. The van der Waals surface area contributed by atoms with Crippen LogP contribution in [0.4, 0.5) is 5.69 Å². The zero-order valence-electron chi connectivity index (χ0n) is 11.1. The van der Waals surface area contributed by atoms with Gasteiger partial charge in [-0.2, -0.15) is 5.26 Å². The third-order valence-corrected chi connectivity index (χ3v) is 3.75. The summed E-state index contributed by atoms with van der Waals surface area (Å²) in [6.07, 6.45) is 1.41. The molecule has 110 valence electrons. The van der Waals surface area contributed by atoms with E-state index in [-0.39, 0.29) is 21.3 Å². The van der Waals surface area contributed by atoms with Crippen molar-refractivity contribution in [1.29, 1.82) is 5.26 Å². The molecule has 0 aliphatic rings. The first kappa shape index (κ1) is 16.4. The first-order chi connectivity index (χ1) is 10.5. The van der Waals surface area contributed by atoms with Gasteiger partial charge < -0.3 is 5.32 Å². The fourth-order valence-electron chi connectivity index (χ4n) is 1.69. The van der Waals surface area contributed by atoms with Crippen molar-refractivity contribution < 1.29 is 4.79 Å². The van der Waals surface area contributed by atoms with Crippen LogP contribution in [0.15, 0.2) is 48.0 Å². The molecule has 0 saturated carbocycles. The molecule has 3 nitrogen and oxygen atoms in total. The fraction of sp³-hybridized carbons (Fsp3) is 0. The zero-order valence-corrected chi connectivity index (χ0v) is 13.4. The van der Waals surface area contributed by atoms with E-state index >= 15 is 0 Å². The number of rotatable bonds is 3. The number of nitrogens with zero attached hydrogens (tertiary/aromatic N) is 1. The number of hydrogen-bond acceptors (Lipinski definition) is 2. The van der Waals surface area contributed by atoms with Crippen LogP contribution in [0.5, 0.6) is 0 Å². The molecule has 0 aliphatic heterocycles. The number of nitriles is 1. The van der Waals surface area contributed by atoms with Crippen LogP contribution in [0.3, 0.4) is 0 Å². The quantitative estimate of drug-likeness (QED) is 0.611. The predicted molar refractivity (Wildman–Crippen MR) is 90.1 cm³/mol. The maximum Gasteiger partial charge on any atom is 0.266 e. The van der Waals surface area contributed by atoms with Crippen LogP contribution in [0.1, 0.15) is 5.56 Å². The Labute approximate surface area is 142 Å². The number of benzene rings is 2. The number of halogens is 3. The lowest BCUT2D eigenvalue weighted by Crippen LogP contribution is -2.14. The molecule has 0 heterocycles. The summed E-state index contributed by atoms with van der Waals surface area (Å²) in [4.78, 5) is 12.2. The highest BCUT2D eigenvalue weighted by atomic mass is 35.5. The Balaban J connectivity index is 2.31. The number of hydrogen-bond donors (Lipinski definition) is 1. The second kappa shape index (κ2) is 7.33. The average molecular weight is 352 g/mol. The summed E-state index contributed by atoms with van der Waals surface area (Å²) < 4.78 is 0. The highest BCUT2D eigenvalue weighted by Crippen LogP contribution is 2.30. The molecule has 2 aromatic carbocycles. The van der Waals surface area contributed by atoms with Crippen molar-refractivity contribution in [1.82, 2.24) is 0 Å². The molecule has 0 aliphatic carbocycles. The smallest absolute Gasteiger partial charge is 0.266 e. The minimum absolute atomic E-state index is 0.107. The normalized spacial score (nSPS) is 10.9. The molecule has 0 unspecified atom stereocenters. The first-order valence-electron chi connectivity index (χ1n) is 6.14. The zero-order chi connectivity index (χ0) is 16.1. The molecule has 1 amide bonds. The molecule has 0 aromatic heterocycles. The predicted octanol–water partition coefficient (Wildman–Crippen LogP) is 5.19. The van der Waals surface area contributed by atoms with Gasteiger partial charge in [0.25, 0.3) is 5.91 Å². The summed E-state index contributed by atoms with van der Waals surface area (Å²) in [5, 5.41) is 12.7. The summed E-state index contributed by atoms with van der Waals surface area (Å²) in [5.41, 5.74) is 0.723. The van der Waals surface area contributed by atoms with Crippen molar-refractivity contribution in [2.24, 2.45) is 0 Å². The largest absolute Gasteiger partial charge is 0.319 e. The van der Waals surface area contributed by atoms with Gasteiger partial charge in [-0.25, -0.2) is 0 Å². The summed E-state index contributed by atoms with van der Waals surface area (Å²) in [5.74, 6) is -0.614. The van der Waals surface area contributed by atoms with E-state index in [0.717, 1.165) is 0 Å². The number of para-hydroxylation sites is 1. The Hall–Kier alpha value is -1.99. The molecule has 0 radical (unpaired) electrons. The van der Waals surface area contributed by atoms with E-state index in [9.17, 15) is 10.1 Å². The van der Waals surface area contributed by atoms with Crippen LogP contribution in [-0.4, -0.2) is 5.91 Å². The van der Waals surface area contributed by atoms with E-state index in [1.807, 2.05) is 6.07 Å². The van der Waals surface area contributed by atoms with Gasteiger partial charge in [0.15, 0.2) is 0 Å². The van der Waals surface area contributed by atoms with Gasteiger partial charge in [-0.3, -0.25) is 4.79 Å². The first-order valence-corrected chi connectivity index (χ1v) is 7.28. The number of carbonyl (C=O) groups excluding carboxylic acids is 1. The Kier molecular flexibility index (Phi) is 5.46. The highest BCUT2D eigenvalue weighted by molar-refractivity contribution is 6.40. The van der Waals surface area contributed by atoms with E-state index in [0.29, 0.717) is 10.6 Å². The van der Waals surface area contributed by atoms with Crippen LogP contribution in [0.2, 0.25) is 15.1 Å². The molecule has 1 N–H and O–H groups in total. The van der Waals surface area contributed by atoms with E-state index in [1.165, 1.54) is 6.08 Å². The average Bonchev–Trinajstić information content (AvgIpc) is 2.50. The Morgan fingerprint density at radius 1 is 1.00 bits per heavy atom. The number of nitrogens with one attached hydrogen (secondary N) is 1. The van der Waals surface area contributed by atoms with Gasteiger partial charge in [0.1, 0.15) is 11.6 Å². The number of anilines is 1. The lowest BCUT2D eigenvalue weighted by atomic mass is 10.1. The van der Waals surface area contributed by atoms with Gasteiger partial charge in [0, 0.05) is 5.02 Å². The number of amides is 1. The SMILES string of the molecule is N#CC(=Cc1ccccc1Cl)C(=O)Nc1c(Cl)cccc1Cl. The lowest BCUT2D eigenvalue weighted by molar-refractivity contribution is -0.112. The highest BCUT2D eigenvalue weighted by Gasteiger charge is 2.14. The standard InChI is InChI=1S/C16H9Cl3N2O/c17-12-5-2-1-4-10(12)8-11(9-20)16(22)21-15-13(18)6-3-7-14(15)19/h1-8H,(H,21,22). The van der Waals surface area contributed by atoms with Crippen LogP contribution >= 0.6 is 34.8 Å². The van der Waals surface area contributed by atoms with Crippen molar-refractivity contribution in [3.8, 4) is 6.07 Å². The molecule has 0 saturated heterocycles.